The van der Waals surface area contributed by atoms with Crippen LogP contribution in [0.5, 0.6) is 11.5 Å². The van der Waals surface area contributed by atoms with Crippen molar-refractivity contribution in [3.05, 3.63) is 243 Å². The van der Waals surface area contributed by atoms with Crippen LogP contribution in [-0.4, -0.2) is 78.7 Å². The maximum atomic E-state index is 11.1. The summed E-state index contributed by atoms with van der Waals surface area (Å²) in [4.78, 5) is 41.6. The summed E-state index contributed by atoms with van der Waals surface area (Å²) in [6, 6.07) is 45.4. The van der Waals surface area contributed by atoms with Gasteiger partial charge in [-0.25, -0.2) is 9.59 Å². The van der Waals surface area contributed by atoms with Crippen LogP contribution in [0.4, 0.5) is 0 Å². The van der Waals surface area contributed by atoms with Crippen molar-refractivity contribution in [2.45, 2.75) is 85.4 Å². The van der Waals surface area contributed by atoms with Crippen molar-refractivity contribution in [2.24, 2.45) is 0 Å². The zero-order valence-corrected chi connectivity index (χ0v) is 48.6. The van der Waals surface area contributed by atoms with Gasteiger partial charge in [-0.15, -0.1) is 0 Å². The van der Waals surface area contributed by atoms with Gasteiger partial charge in [0, 0.05) is 37.6 Å². The lowest BCUT2D eigenvalue weighted by atomic mass is 9.98. The Kier molecular flexibility index (Phi) is 38.9. The third-order valence-corrected chi connectivity index (χ3v) is 10.3. The highest BCUT2D eigenvalue weighted by Crippen LogP contribution is 2.21. The van der Waals surface area contributed by atoms with E-state index in [-0.39, 0.29) is 24.3 Å². The lowest BCUT2D eigenvalue weighted by Gasteiger charge is -2.21. The molecule has 6 aromatic rings. The molecule has 0 amide bonds. The van der Waals surface area contributed by atoms with Crippen molar-refractivity contribution < 1.29 is 33.3 Å². The molecule has 4 aromatic carbocycles. The van der Waals surface area contributed by atoms with E-state index in [1.807, 2.05) is 186 Å². The van der Waals surface area contributed by atoms with Crippen LogP contribution in [0.2, 0.25) is 0 Å². The molecule has 1 aliphatic carbocycles. The van der Waals surface area contributed by atoms with Gasteiger partial charge in [-0.1, -0.05) is 173 Å². The summed E-state index contributed by atoms with van der Waals surface area (Å²) < 4.78 is 20.4. The van der Waals surface area contributed by atoms with Crippen LogP contribution in [0.15, 0.2) is 210 Å². The SMILES string of the molecule is C=C(C)C(=O)OC1CCCCC1.C=C(C)c1ccccc1.C=Cc1ccc(OC(C)(C)C)cc1.C=Cc1ccc(OC)cc1.C=Cc1ccccc1.C=Cc1ccccn1.C=Cc1ccncc1.CC(=O)C(=O)OCCN(C)C. The van der Waals surface area contributed by atoms with Crippen molar-refractivity contribution in [3.8, 4) is 11.5 Å². The van der Waals surface area contributed by atoms with Crippen LogP contribution in [0.1, 0.15) is 107 Å². The Morgan fingerprint density at radius 2 is 1.05 bits per heavy atom. The van der Waals surface area contributed by atoms with Gasteiger partial charge in [0.25, 0.3) is 0 Å². The number of rotatable bonds is 14. The number of aromatic nitrogens is 2. The molecule has 0 radical (unpaired) electrons. The summed E-state index contributed by atoms with van der Waals surface area (Å²) in [5.41, 5.74) is 8.14. The number of Topliss-reactive ketones (excluding diaryl/α,β-unsaturated/α-hetero) is 1. The Bertz CT molecular complexity index is 2530. The molecule has 79 heavy (non-hydrogen) atoms. The Morgan fingerprint density at radius 1 is 0.582 bits per heavy atom. The molecule has 2 aromatic heterocycles. The second-order valence-corrected chi connectivity index (χ2v) is 18.6. The van der Waals surface area contributed by atoms with Crippen LogP contribution < -0.4 is 9.47 Å². The van der Waals surface area contributed by atoms with Gasteiger partial charge in [0.2, 0.25) is 5.78 Å². The summed E-state index contributed by atoms with van der Waals surface area (Å²) in [5, 5.41) is 0. The van der Waals surface area contributed by atoms with Gasteiger partial charge in [-0.3, -0.25) is 14.8 Å². The first-order chi connectivity index (χ1) is 37.7. The molecule has 0 spiro atoms. The molecular weight excluding hydrogens is 983 g/mol. The minimum absolute atomic E-state index is 0.129. The van der Waals surface area contributed by atoms with Crippen molar-refractivity contribution in [1.29, 1.82) is 0 Å². The van der Waals surface area contributed by atoms with E-state index in [1.165, 1.54) is 37.3 Å². The Labute approximate surface area is 474 Å². The topological polar surface area (TPSA) is 117 Å². The fraction of sp³-hybridized carbons (Fsp3) is 0.261. The number of ether oxygens (including phenoxy) is 4. The van der Waals surface area contributed by atoms with Crippen LogP contribution in [0.25, 0.3) is 36.0 Å². The molecule has 7 rings (SSSR count). The van der Waals surface area contributed by atoms with E-state index >= 15 is 0 Å². The lowest BCUT2D eigenvalue weighted by molar-refractivity contribution is -0.153. The third kappa shape index (κ3) is 38.7. The first-order valence-electron chi connectivity index (χ1n) is 26.0. The van der Waals surface area contributed by atoms with Crippen molar-refractivity contribution in [1.82, 2.24) is 14.9 Å². The van der Waals surface area contributed by atoms with Gasteiger partial charge >= 0.3 is 11.9 Å². The van der Waals surface area contributed by atoms with E-state index in [0.717, 1.165) is 52.3 Å². The molecule has 1 aliphatic rings. The highest BCUT2D eigenvalue weighted by molar-refractivity contribution is 6.32. The molecule has 0 atom stereocenters. The summed E-state index contributed by atoms with van der Waals surface area (Å²) in [5.74, 6) is 0.237. The van der Waals surface area contributed by atoms with Gasteiger partial charge in [-0.2, -0.15) is 0 Å². The maximum Gasteiger partial charge on any atom is 0.374 e. The van der Waals surface area contributed by atoms with E-state index in [1.54, 1.807) is 50.9 Å². The molecule has 0 unspecified atom stereocenters. The number of methoxy groups -OCH3 is 1. The molecule has 10 heteroatoms. The number of hydrogen-bond donors (Lipinski definition) is 0. The zero-order valence-electron chi connectivity index (χ0n) is 48.6. The smallest absolute Gasteiger partial charge is 0.374 e. The molecule has 2 heterocycles. The van der Waals surface area contributed by atoms with Gasteiger partial charge in [0.1, 0.15) is 29.8 Å². The highest BCUT2D eigenvalue weighted by Gasteiger charge is 2.17. The Hall–Kier alpha value is -8.47. The number of benzene rings is 4. The number of likely N-dealkylation sites (N-methyl/N-ethyl adjacent to an activating group) is 1. The fourth-order valence-corrected chi connectivity index (χ4v) is 5.93. The van der Waals surface area contributed by atoms with Crippen molar-refractivity contribution >= 4 is 53.7 Å². The van der Waals surface area contributed by atoms with Crippen LogP contribution in [-0.2, 0) is 23.9 Å². The van der Waals surface area contributed by atoms with Crippen LogP contribution in [0.3, 0.4) is 0 Å². The zero-order chi connectivity index (χ0) is 59.3. The largest absolute Gasteiger partial charge is 0.497 e. The van der Waals surface area contributed by atoms with Crippen molar-refractivity contribution in [2.75, 3.05) is 34.4 Å². The standard InChI is InChI=1S/C12H16O.C10H16O2.C9H10O.C9H10.C8H8.C7H13NO3.2C7H7N/c1-5-10-6-8-11(9-7-10)13-12(2,3)4;1-8(2)10(11)12-9-6-4-3-5-7-9;1-3-8-4-6-9(10-2)7-5-8;1-8(2)9-6-4-3-5-7-9;1-2-8-6-4-3-5-7-8;1-6(9)7(10)11-5-4-8(2)3;1-2-7-3-5-8-6-4-7;1-2-7-5-3-4-6-8-7/h5-9H,1H2,2-4H3;9H,1,3-7H2,2H3;3-7H,1H2,2H3;3-7H,1H2,2H3;2-7H,1H2;4-5H2,1-3H3;2*2-6H,1H2. The summed E-state index contributed by atoms with van der Waals surface area (Å²) in [6.45, 7) is 37.4. The minimum Gasteiger partial charge on any atom is -0.497 e. The minimum atomic E-state index is -0.758. The maximum absolute atomic E-state index is 11.1. The average molecular weight is 1070 g/mol. The Balaban J connectivity index is 0.000000885. The Morgan fingerprint density at radius 3 is 1.41 bits per heavy atom. The van der Waals surface area contributed by atoms with Crippen LogP contribution in [0, 0.1) is 0 Å². The second-order valence-electron chi connectivity index (χ2n) is 18.6. The van der Waals surface area contributed by atoms with Gasteiger partial charge in [0.05, 0.1) is 12.8 Å². The second kappa shape index (κ2) is 43.6. The van der Waals surface area contributed by atoms with E-state index in [4.69, 9.17) is 14.2 Å². The highest BCUT2D eigenvalue weighted by atomic mass is 16.5. The summed E-state index contributed by atoms with van der Waals surface area (Å²) >= 11 is 0. The molecule has 420 valence electrons. The number of esters is 2. The number of pyridine rings is 2. The van der Waals surface area contributed by atoms with E-state index in [9.17, 15) is 14.4 Å². The normalized spacial score (nSPS) is 10.8. The number of allylic oxidation sites excluding steroid dienone is 1. The molecular formula is C69H87N3O7. The predicted octanol–water partition coefficient (Wildman–Crippen LogP) is 16.5. The third-order valence-electron chi connectivity index (χ3n) is 10.3. The van der Waals surface area contributed by atoms with E-state index < -0.39 is 11.8 Å². The molecule has 0 N–H and O–H groups in total. The van der Waals surface area contributed by atoms with Crippen LogP contribution >= 0.6 is 0 Å². The molecule has 1 saturated carbocycles. The number of ketones is 1. The van der Waals surface area contributed by atoms with Gasteiger partial charge < -0.3 is 23.8 Å². The molecule has 0 aliphatic heterocycles. The number of nitrogens with zero attached hydrogens (tertiary/aromatic N) is 3. The van der Waals surface area contributed by atoms with E-state index in [2.05, 4.69) is 72.9 Å². The number of carbonyl (C=O) groups is 3. The van der Waals surface area contributed by atoms with Crippen molar-refractivity contribution in [3.63, 3.8) is 0 Å². The van der Waals surface area contributed by atoms with E-state index in [0.29, 0.717) is 12.1 Å². The average Bonchev–Trinajstić information content (AvgIpc) is 3.47. The first-order valence-corrected chi connectivity index (χ1v) is 26.0. The predicted molar refractivity (Wildman–Crippen MR) is 334 cm³/mol. The quantitative estimate of drug-likeness (QED) is 0.0593. The lowest BCUT2D eigenvalue weighted by Crippen LogP contribution is -2.22. The fourth-order valence-electron chi connectivity index (χ4n) is 5.93. The molecule has 0 saturated heterocycles. The summed E-state index contributed by atoms with van der Waals surface area (Å²) in [6.07, 6.45) is 20.1. The molecule has 0 bridgehead atoms. The number of carbonyl (C=O) groups excluding carboxylic acids is 3. The molecule has 10 nitrogen and oxygen atoms in total. The molecule has 1 fully saturated rings. The summed E-state index contributed by atoms with van der Waals surface area (Å²) in [7, 11) is 5.38. The van der Waals surface area contributed by atoms with Gasteiger partial charge in [-0.05, 0) is 157 Å². The monoisotopic (exact) mass is 1070 g/mol. The number of hydrogen-bond acceptors (Lipinski definition) is 10. The first kappa shape index (κ1) is 70.5. The van der Waals surface area contributed by atoms with Gasteiger partial charge in [0.15, 0.2) is 0 Å².